The lowest BCUT2D eigenvalue weighted by atomic mass is 9.95. The molecule has 0 radical (unpaired) electrons. The molecular formula is C25H20IN3O. The summed E-state index contributed by atoms with van der Waals surface area (Å²) in [5.74, 6) is 0.124. The Labute approximate surface area is 188 Å². The van der Waals surface area contributed by atoms with Crippen LogP contribution in [0.25, 0.3) is 10.9 Å². The fraction of sp³-hybridized carbons (Fsp3) is 0.160. The van der Waals surface area contributed by atoms with Crippen LogP contribution >= 0.6 is 22.6 Å². The van der Waals surface area contributed by atoms with Gasteiger partial charge >= 0.3 is 0 Å². The Morgan fingerprint density at radius 2 is 1.83 bits per heavy atom. The number of H-pyrrole nitrogens is 1. The summed E-state index contributed by atoms with van der Waals surface area (Å²) in [6.45, 7) is 1.48. The topological polar surface area (TPSA) is 39.3 Å². The predicted molar refractivity (Wildman–Crippen MR) is 128 cm³/mol. The molecule has 30 heavy (non-hydrogen) atoms. The lowest BCUT2D eigenvalue weighted by molar-refractivity contribution is 0.0625. The van der Waals surface area contributed by atoms with Crippen molar-refractivity contribution in [2.45, 2.75) is 19.1 Å². The zero-order chi connectivity index (χ0) is 20.2. The molecule has 0 saturated carbocycles. The number of fused-ring (bicyclic) bond motifs is 6. The maximum absolute atomic E-state index is 13.4. The van der Waals surface area contributed by atoms with Gasteiger partial charge < -0.3 is 14.8 Å². The van der Waals surface area contributed by atoms with Gasteiger partial charge in [-0.3, -0.25) is 4.79 Å². The number of amides is 1. The van der Waals surface area contributed by atoms with Crippen molar-refractivity contribution in [3.63, 3.8) is 0 Å². The van der Waals surface area contributed by atoms with E-state index in [0.29, 0.717) is 0 Å². The van der Waals surface area contributed by atoms with Crippen LogP contribution in [0.4, 0.5) is 5.69 Å². The van der Waals surface area contributed by atoms with E-state index in [1.54, 1.807) is 0 Å². The first-order valence-electron chi connectivity index (χ1n) is 10.2. The van der Waals surface area contributed by atoms with Crippen molar-refractivity contribution in [2.75, 3.05) is 11.4 Å². The Kier molecular flexibility index (Phi) is 4.13. The summed E-state index contributed by atoms with van der Waals surface area (Å²) < 4.78 is 1.22. The molecule has 5 heteroatoms. The fourth-order valence-electron chi connectivity index (χ4n) is 4.95. The molecule has 0 saturated heterocycles. The molecule has 0 bridgehead atoms. The van der Waals surface area contributed by atoms with Crippen LogP contribution in [0.2, 0.25) is 0 Å². The van der Waals surface area contributed by atoms with Gasteiger partial charge in [0.2, 0.25) is 0 Å². The Balaban J connectivity index is 1.55. The number of anilines is 1. The normalized spacial score (nSPS) is 17.6. The average molecular weight is 505 g/mol. The van der Waals surface area contributed by atoms with Crippen molar-refractivity contribution in [3.05, 3.63) is 98.8 Å². The second kappa shape index (κ2) is 6.87. The van der Waals surface area contributed by atoms with Gasteiger partial charge in [0.1, 0.15) is 6.17 Å². The van der Waals surface area contributed by atoms with E-state index in [-0.39, 0.29) is 12.1 Å². The highest BCUT2D eigenvalue weighted by atomic mass is 127. The summed E-state index contributed by atoms with van der Waals surface area (Å²) in [6.07, 6.45) is 0.752. The second-order valence-electron chi connectivity index (χ2n) is 7.96. The Bertz CT molecular complexity index is 1290. The maximum Gasteiger partial charge on any atom is 0.257 e. The lowest BCUT2D eigenvalue weighted by Crippen LogP contribution is -2.52. The van der Waals surface area contributed by atoms with Gasteiger partial charge in [-0.05, 0) is 70.5 Å². The van der Waals surface area contributed by atoms with Gasteiger partial charge in [-0.15, -0.1) is 0 Å². The molecule has 1 unspecified atom stereocenters. The van der Waals surface area contributed by atoms with E-state index in [4.69, 9.17) is 0 Å². The van der Waals surface area contributed by atoms with Crippen LogP contribution in [0.5, 0.6) is 0 Å². The molecule has 4 nitrogen and oxygen atoms in total. The average Bonchev–Trinajstić information content (AvgIpc) is 3.15. The summed E-state index contributed by atoms with van der Waals surface area (Å²) in [5, 5.41) is 1.27. The molecular weight excluding hydrogens is 485 g/mol. The van der Waals surface area contributed by atoms with Gasteiger partial charge in [0, 0.05) is 27.6 Å². The first-order valence-corrected chi connectivity index (χ1v) is 11.3. The van der Waals surface area contributed by atoms with Crippen molar-refractivity contribution in [3.8, 4) is 0 Å². The summed E-state index contributed by atoms with van der Waals surface area (Å²) in [4.78, 5) is 21.5. The number of para-hydroxylation sites is 2. The molecule has 1 amide bonds. The van der Waals surface area contributed by atoms with E-state index in [1.165, 1.54) is 20.1 Å². The minimum absolute atomic E-state index is 0.124. The van der Waals surface area contributed by atoms with Gasteiger partial charge in [-0.25, -0.2) is 0 Å². The van der Waals surface area contributed by atoms with Crippen LogP contribution in [0.1, 0.15) is 33.3 Å². The molecule has 3 aromatic carbocycles. The highest BCUT2D eigenvalue weighted by molar-refractivity contribution is 14.1. The SMILES string of the molecule is O=C1c2ccccc2N(Cc2cccc(I)c2)C2c3[nH]c4ccccc4c3CCN12. The standard InChI is InChI=1S/C25H20IN3O/c26-17-7-5-6-16(14-17)15-29-22-11-4-2-9-20(22)25(30)28-13-12-19-18-8-1-3-10-21(18)27-23(19)24(28)29/h1-11,14,24,27H,12-13,15H2. The molecule has 1 N–H and O–H groups in total. The van der Waals surface area contributed by atoms with Gasteiger partial charge in [0.25, 0.3) is 5.91 Å². The summed E-state index contributed by atoms with van der Waals surface area (Å²) in [7, 11) is 0. The van der Waals surface area contributed by atoms with Crippen LogP contribution < -0.4 is 4.90 Å². The number of carbonyl (C=O) groups is 1. The van der Waals surface area contributed by atoms with E-state index in [2.05, 4.69) is 87.1 Å². The molecule has 148 valence electrons. The molecule has 0 spiro atoms. The van der Waals surface area contributed by atoms with Gasteiger partial charge in [0.05, 0.1) is 16.9 Å². The molecule has 2 aliphatic rings. The number of carbonyl (C=O) groups excluding carboxylic acids is 1. The third-order valence-corrected chi connectivity index (χ3v) is 6.92. The molecule has 1 atom stereocenters. The smallest absolute Gasteiger partial charge is 0.257 e. The Morgan fingerprint density at radius 1 is 1.00 bits per heavy atom. The van der Waals surface area contributed by atoms with E-state index in [0.717, 1.165) is 42.0 Å². The van der Waals surface area contributed by atoms with Crippen LogP contribution in [0, 0.1) is 3.57 Å². The number of rotatable bonds is 2. The lowest BCUT2D eigenvalue weighted by Gasteiger charge is -2.47. The van der Waals surface area contributed by atoms with Crippen molar-refractivity contribution in [2.24, 2.45) is 0 Å². The zero-order valence-electron chi connectivity index (χ0n) is 16.3. The van der Waals surface area contributed by atoms with Crippen molar-refractivity contribution < 1.29 is 4.79 Å². The third kappa shape index (κ3) is 2.68. The molecule has 3 heterocycles. The largest absolute Gasteiger partial charge is 0.355 e. The number of nitrogens with one attached hydrogen (secondary N) is 1. The number of hydrogen-bond donors (Lipinski definition) is 1. The van der Waals surface area contributed by atoms with E-state index < -0.39 is 0 Å². The summed E-state index contributed by atoms with van der Waals surface area (Å²) in [5.41, 5.74) is 6.68. The van der Waals surface area contributed by atoms with Gasteiger partial charge in [0.15, 0.2) is 0 Å². The van der Waals surface area contributed by atoms with Gasteiger partial charge in [-0.2, -0.15) is 0 Å². The van der Waals surface area contributed by atoms with Crippen LogP contribution in [-0.4, -0.2) is 22.3 Å². The predicted octanol–water partition coefficient (Wildman–Crippen LogP) is 5.49. The second-order valence-corrected chi connectivity index (χ2v) is 9.21. The van der Waals surface area contributed by atoms with Crippen molar-refractivity contribution in [1.29, 1.82) is 0 Å². The molecule has 4 aromatic rings. The maximum atomic E-state index is 13.4. The highest BCUT2D eigenvalue weighted by Crippen LogP contribution is 2.44. The van der Waals surface area contributed by atoms with Gasteiger partial charge in [-0.1, -0.05) is 42.5 Å². The van der Waals surface area contributed by atoms with Crippen LogP contribution in [0.15, 0.2) is 72.8 Å². The number of aromatic amines is 1. The number of nitrogens with zero attached hydrogens (tertiary/aromatic N) is 2. The number of hydrogen-bond acceptors (Lipinski definition) is 2. The molecule has 0 fully saturated rings. The van der Waals surface area contributed by atoms with E-state index >= 15 is 0 Å². The monoisotopic (exact) mass is 505 g/mol. The number of benzene rings is 3. The van der Waals surface area contributed by atoms with Crippen molar-refractivity contribution >= 4 is 45.1 Å². The third-order valence-electron chi connectivity index (χ3n) is 6.24. The minimum atomic E-state index is -0.124. The molecule has 0 aliphatic carbocycles. The Morgan fingerprint density at radius 3 is 2.73 bits per heavy atom. The molecule has 6 rings (SSSR count). The number of halogens is 1. The minimum Gasteiger partial charge on any atom is -0.355 e. The first kappa shape index (κ1) is 18.0. The van der Waals surface area contributed by atoms with E-state index in [1.807, 2.05) is 23.1 Å². The van der Waals surface area contributed by atoms with Crippen LogP contribution in [-0.2, 0) is 13.0 Å². The quantitative estimate of drug-likeness (QED) is 0.366. The highest BCUT2D eigenvalue weighted by Gasteiger charge is 2.42. The fourth-order valence-corrected chi connectivity index (χ4v) is 5.56. The summed E-state index contributed by atoms with van der Waals surface area (Å²) in [6, 6.07) is 25.1. The number of aromatic nitrogens is 1. The van der Waals surface area contributed by atoms with Crippen LogP contribution in [0.3, 0.4) is 0 Å². The Hall–Kier alpha value is -2.80. The first-order chi connectivity index (χ1) is 14.7. The summed E-state index contributed by atoms with van der Waals surface area (Å²) >= 11 is 2.36. The zero-order valence-corrected chi connectivity index (χ0v) is 18.5. The van der Waals surface area contributed by atoms with E-state index in [9.17, 15) is 4.79 Å². The van der Waals surface area contributed by atoms with Crippen molar-refractivity contribution in [1.82, 2.24) is 9.88 Å². The molecule has 2 aliphatic heterocycles. The molecule has 1 aromatic heterocycles.